The molecule has 21 heavy (non-hydrogen) atoms. The molecule has 0 bridgehead atoms. The lowest BCUT2D eigenvalue weighted by atomic mass is 10.2. The third-order valence-corrected chi connectivity index (χ3v) is 3.40. The molecule has 2 aromatic carbocycles. The molecule has 4 nitrogen and oxygen atoms in total. The molecule has 2 aromatic rings. The van der Waals surface area contributed by atoms with Crippen molar-refractivity contribution in [3.63, 3.8) is 0 Å². The fraction of sp³-hybridized carbons (Fsp3) is 0.125. The van der Waals surface area contributed by atoms with Crippen LogP contribution >= 0.6 is 22.6 Å². The predicted octanol–water partition coefficient (Wildman–Crippen LogP) is 3.45. The minimum atomic E-state index is -0.228. The number of hydrazone groups is 1. The zero-order valence-electron chi connectivity index (χ0n) is 11.5. The van der Waals surface area contributed by atoms with Crippen molar-refractivity contribution in [2.75, 3.05) is 6.61 Å². The van der Waals surface area contributed by atoms with Gasteiger partial charge >= 0.3 is 0 Å². The molecule has 0 radical (unpaired) electrons. The molecule has 0 heterocycles. The van der Waals surface area contributed by atoms with Crippen LogP contribution in [0, 0.1) is 3.57 Å². The van der Waals surface area contributed by atoms with E-state index < -0.39 is 0 Å². The first kappa shape index (κ1) is 15.5. The number of carbonyl (C=O) groups excluding carboxylic acids is 1. The lowest BCUT2D eigenvalue weighted by molar-refractivity contribution is 0.0955. The minimum Gasteiger partial charge on any atom is -0.494 e. The Labute approximate surface area is 137 Å². The van der Waals surface area contributed by atoms with Gasteiger partial charge in [-0.2, -0.15) is 5.10 Å². The maximum absolute atomic E-state index is 11.8. The van der Waals surface area contributed by atoms with Gasteiger partial charge in [-0.05, 0) is 83.6 Å². The van der Waals surface area contributed by atoms with Crippen molar-refractivity contribution in [3.8, 4) is 5.75 Å². The molecule has 5 heteroatoms. The summed E-state index contributed by atoms with van der Waals surface area (Å²) in [6, 6.07) is 14.8. The standard InChI is InChI=1S/C16H15IN2O2/c1-2-21-15-9-3-12(4-10-15)11-18-19-16(20)13-5-7-14(17)8-6-13/h3-11H,2H2,1H3,(H,19,20)/b18-11-. The number of rotatable bonds is 5. The maximum atomic E-state index is 11.8. The quantitative estimate of drug-likeness (QED) is 0.480. The van der Waals surface area contributed by atoms with E-state index in [2.05, 4.69) is 33.1 Å². The first-order valence-corrected chi connectivity index (χ1v) is 7.58. The summed E-state index contributed by atoms with van der Waals surface area (Å²) >= 11 is 2.19. The summed E-state index contributed by atoms with van der Waals surface area (Å²) < 4.78 is 6.44. The number of carbonyl (C=O) groups is 1. The molecule has 108 valence electrons. The third kappa shape index (κ3) is 4.86. The van der Waals surface area contributed by atoms with Crippen LogP contribution < -0.4 is 10.2 Å². The lowest BCUT2D eigenvalue weighted by Crippen LogP contribution is -2.17. The Morgan fingerprint density at radius 3 is 2.48 bits per heavy atom. The number of hydrogen-bond donors (Lipinski definition) is 1. The molecule has 0 aliphatic heterocycles. The number of amides is 1. The van der Waals surface area contributed by atoms with Crippen LogP contribution in [0.3, 0.4) is 0 Å². The van der Waals surface area contributed by atoms with Gasteiger partial charge in [0, 0.05) is 9.13 Å². The van der Waals surface area contributed by atoms with Crippen LogP contribution in [0.25, 0.3) is 0 Å². The van der Waals surface area contributed by atoms with E-state index in [0.717, 1.165) is 14.9 Å². The molecule has 0 aliphatic rings. The van der Waals surface area contributed by atoms with Gasteiger partial charge in [0.1, 0.15) is 5.75 Å². The van der Waals surface area contributed by atoms with Gasteiger partial charge in [-0.15, -0.1) is 0 Å². The molecule has 1 N–H and O–H groups in total. The molecule has 0 aliphatic carbocycles. The molecule has 0 saturated carbocycles. The second-order valence-corrected chi connectivity index (χ2v) is 5.45. The second kappa shape index (κ2) is 7.78. The maximum Gasteiger partial charge on any atom is 0.271 e. The highest BCUT2D eigenvalue weighted by atomic mass is 127. The van der Waals surface area contributed by atoms with Gasteiger partial charge in [0.05, 0.1) is 12.8 Å². The summed E-state index contributed by atoms with van der Waals surface area (Å²) in [5.74, 6) is 0.589. The van der Waals surface area contributed by atoms with Gasteiger partial charge < -0.3 is 4.74 Å². The van der Waals surface area contributed by atoms with Gasteiger partial charge in [-0.1, -0.05) is 0 Å². The largest absolute Gasteiger partial charge is 0.494 e. The van der Waals surface area contributed by atoms with Crippen LogP contribution in [0.1, 0.15) is 22.8 Å². The van der Waals surface area contributed by atoms with Crippen molar-refractivity contribution in [2.24, 2.45) is 5.10 Å². The summed E-state index contributed by atoms with van der Waals surface area (Å²) in [6.45, 7) is 2.58. The molecule has 0 saturated heterocycles. The zero-order valence-corrected chi connectivity index (χ0v) is 13.7. The van der Waals surface area contributed by atoms with E-state index >= 15 is 0 Å². The summed E-state index contributed by atoms with van der Waals surface area (Å²) in [7, 11) is 0. The molecule has 2 rings (SSSR count). The molecule has 0 aromatic heterocycles. The van der Waals surface area contributed by atoms with Gasteiger partial charge in [0.2, 0.25) is 0 Å². The molecular weight excluding hydrogens is 379 g/mol. The van der Waals surface area contributed by atoms with E-state index in [1.807, 2.05) is 43.3 Å². The Morgan fingerprint density at radius 1 is 1.19 bits per heavy atom. The number of nitrogens with one attached hydrogen (secondary N) is 1. The van der Waals surface area contributed by atoms with Gasteiger partial charge in [-0.3, -0.25) is 4.79 Å². The topological polar surface area (TPSA) is 50.7 Å². The first-order valence-electron chi connectivity index (χ1n) is 6.51. The van der Waals surface area contributed by atoms with E-state index in [1.54, 1.807) is 18.3 Å². The SMILES string of the molecule is CCOc1ccc(/C=N\NC(=O)c2ccc(I)cc2)cc1. The van der Waals surface area contributed by atoms with E-state index in [-0.39, 0.29) is 5.91 Å². The normalized spacial score (nSPS) is 10.6. The van der Waals surface area contributed by atoms with Crippen molar-refractivity contribution in [1.29, 1.82) is 0 Å². The smallest absolute Gasteiger partial charge is 0.271 e. The third-order valence-electron chi connectivity index (χ3n) is 2.68. The second-order valence-electron chi connectivity index (χ2n) is 4.21. The number of ether oxygens (including phenoxy) is 1. The van der Waals surface area contributed by atoms with E-state index in [4.69, 9.17) is 4.74 Å². The number of nitrogens with zero attached hydrogens (tertiary/aromatic N) is 1. The van der Waals surface area contributed by atoms with Gasteiger partial charge in [-0.25, -0.2) is 5.43 Å². The Bertz CT molecular complexity index is 622. The van der Waals surface area contributed by atoms with Crippen LogP contribution in [0.4, 0.5) is 0 Å². The van der Waals surface area contributed by atoms with Crippen LogP contribution in [0.5, 0.6) is 5.75 Å². The van der Waals surface area contributed by atoms with Crippen molar-refractivity contribution in [3.05, 3.63) is 63.2 Å². The van der Waals surface area contributed by atoms with E-state index in [9.17, 15) is 4.79 Å². The molecule has 0 fully saturated rings. The highest BCUT2D eigenvalue weighted by Crippen LogP contribution is 2.10. The van der Waals surface area contributed by atoms with Crippen LogP contribution in [-0.2, 0) is 0 Å². The van der Waals surface area contributed by atoms with Crippen LogP contribution in [0.2, 0.25) is 0 Å². The summed E-state index contributed by atoms with van der Waals surface area (Å²) in [4.78, 5) is 11.8. The van der Waals surface area contributed by atoms with Crippen molar-refractivity contribution < 1.29 is 9.53 Å². The monoisotopic (exact) mass is 394 g/mol. The fourth-order valence-corrected chi connectivity index (χ4v) is 2.01. The molecule has 0 atom stereocenters. The Kier molecular flexibility index (Phi) is 5.74. The highest BCUT2D eigenvalue weighted by Gasteiger charge is 2.02. The Morgan fingerprint density at radius 2 is 1.86 bits per heavy atom. The predicted molar refractivity (Wildman–Crippen MR) is 91.8 cm³/mol. The summed E-state index contributed by atoms with van der Waals surface area (Å²) in [5.41, 5.74) is 3.98. The zero-order chi connectivity index (χ0) is 15.1. The van der Waals surface area contributed by atoms with Crippen LogP contribution in [-0.4, -0.2) is 18.7 Å². The van der Waals surface area contributed by atoms with Gasteiger partial charge in [0.15, 0.2) is 0 Å². The Hall–Kier alpha value is -1.89. The van der Waals surface area contributed by atoms with Crippen LogP contribution in [0.15, 0.2) is 53.6 Å². The van der Waals surface area contributed by atoms with Crippen molar-refractivity contribution in [1.82, 2.24) is 5.43 Å². The number of benzene rings is 2. The van der Waals surface area contributed by atoms with E-state index in [0.29, 0.717) is 12.2 Å². The average Bonchev–Trinajstić information content (AvgIpc) is 2.50. The molecule has 0 unspecified atom stereocenters. The van der Waals surface area contributed by atoms with Crippen molar-refractivity contribution >= 4 is 34.7 Å². The minimum absolute atomic E-state index is 0.228. The average molecular weight is 394 g/mol. The summed E-state index contributed by atoms with van der Waals surface area (Å²) in [6.07, 6.45) is 1.60. The number of hydrogen-bond acceptors (Lipinski definition) is 3. The Balaban J connectivity index is 1.92. The lowest BCUT2D eigenvalue weighted by Gasteiger charge is -2.02. The summed E-state index contributed by atoms with van der Waals surface area (Å²) in [5, 5.41) is 3.95. The van der Waals surface area contributed by atoms with Crippen molar-refractivity contribution in [2.45, 2.75) is 6.92 Å². The van der Waals surface area contributed by atoms with E-state index in [1.165, 1.54) is 0 Å². The molecule has 1 amide bonds. The van der Waals surface area contributed by atoms with Gasteiger partial charge in [0.25, 0.3) is 5.91 Å². The first-order chi connectivity index (χ1) is 10.2. The molecular formula is C16H15IN2O2. The highest BCUT2D eigenvalue weighted by molar-refractivity contribution is 14.1. The fourth-order valence-electron chi connectivity index (χ4n) is 1.65. The number of halogens is 1. The molecule has 0 spiro atoms.